The van der Waals surface area contributed by atoms with E-state index >= 15 is 0 Å². The van der Waals surface area contributed by atoms with E-state index in [1.165, 1.54) is 5.57 Å². The van der Waals surface area contributed by atoms with Crippen LogP contribution in [0.25, 0.3) is 0 Å². The van der Waals surface area contributed by atoms with Crippen LogP contribution >= 0.6 is 12.4 Å². The summed E-state index contributed by atoms with van der Waals surface area (Å²) in [6.07, 6.45) is 18.9. The molecule has 0 bridgehead atoms. The first kappa shape index (κ1) is 11.2. The van der Waals surface area contributed by atoms with Crippen molar-refractivity contribution in [2.24, 2.45) is 0 Å². The number of halogens is 1. The third-order valence-electron chi connectivity index (χ3n) is 3.03. The molecule has 0 saturated carbocycles. The van der Waals surface area contributed by atoms with Gasteiger partial charge >= 0.3 is 0 Å². The van der Waals surface area contributed by atoms with Crippen LogP contribution in [0, 0.1) is 0 Å². The molecule has 0 heterocycles. The molecule has 0 fully saturated rings. The van der Waals surface area contributed by atoms with Gasteiger partial charge in [-0.1, -0.05) is 42.5 Å². The van der Waals surface area contributed by atoms with E-state index < -0.39 is 5.60 Å². The first-order chi connectivity index (χ1) is 7.30. The molecule has 1 nitrogen and oxygen atoms in total. The second kappa shape index (κ2) is 3.93. The monoisotopic (exact) mass is 232 g/mol. The van der Waals surface area contributed by atoms with Gasteiger partial charge < -0.3 is 5.11 Å². The Labute approximate surface area is 101 Å². The third kappa shape index (κ3) is 1.53. The number of fused-ring (bicyclic) bond motifs is 2. The van der Waals surface area contributed by atoms with Crippen molar-refractivity contribution >= 4 is 12.4 Å². The highest BCUT2D eigenvalue weighted by molar-refractivity contribution is 5.85. The highest BCUT2D eigenvalue weighted by atomic mass is 35.5. The lowest BCUT2D eigenvalue weighted by atomic mass is 9.78. The molecule has 1 N–H and O–H groups in total. The molecule has 1 unspecified atom stereocenters. The maximum absolute atomic E-state index is 10.4. The van der Waals surface area contributed by atoms with Gasteiger partial charge in [0.2, 0.25) is 0 Å². The Kier molecular flexibility index (Phi) is 2.75. The molecular formula is C14H13ClO. The van der Waals surface area contributed by atoms with Crippen molar-refractivity contribution in [1.82, 2.24) is 0 Å². The van der Waals surface area contributed by atoms with Crippen molar-refractivity contribution in [2.45, 2.75) is 12.0 Å². The lowest BCUT2D eigenvalue weighted by Crippen LogP contribution is -2.30. The van der Waals surface area contributed by atoms with E-state index in [2.05, 4.69) is 18.2 Å². The Morgan fingerprint density at radius 2 is 1.94 bits per heavy atom. The quantitative estimate of drug-likeness (QED) is 0.681. The minimum atomic E-state index is -0.900. The van der Waals surface area contributed by atoms with Gasteiger partial charge in [0.05, 0.1) is 0 Å². The van der Waals surface area contributed by atoms with E-state index in [1.807, 2.05) is 36.5 Å². The summed E-state index contributed by atoms with van der Waals surface area (Å²) in [5.74, 6) is 0. The topological polar surface area (TPSA) is 20.2 Å². The predicted octanol–water partition coefficient (Wildman–Crippen LogP) is 3.02. The van der Waals surface area contributed by atoms with Crippen molar-refractivity contribution in [1.29, 1.82) is 0 Å². The summed E-state index contributed by atoms with van der Waals surface area (Å²) in [6.45, 7) is 0. The van der Waals surface area contributed by atoms with E-state index in [4.69, 9.17) is 0 Å². The molecule has 0 aromatic rings. The zero-order chi connectivity index (χ0) is 10.3. The molecule has 82 valence electrons. The lowest BCUT2D eigenvalue weighted by Gasteiger charge is -2.31. The van der Waals surface area contributed by atoms with Gasteiger partial charge in [0.1, 0.15) is 5.60 Å². The molecule has 0 spiro atoms. The summed E-state index contributed by atoms with van der Waals surface area (Å²) < 4.78 is 0. The second-order valence-corrected chi connectivity index (χ2v) is 4.00. The van der Waals surface area contributed by atoms with Crippen LogP contribution in [0.2, 0.25) is 0 Å². The SMILES string of the molecule is Cl.OC12C=CC=CC1=C1C=CCC=C1C=C2. The molecule has 0 aliphatic heterocycles. The zero-order valence-corrected chi connectivity index (χ0v) is 9.58. The van der Waals surface area contributed by atoms with Gasteiger partial charge in [0.25, 0.3) is 0 Å². The van der Waals surface area contributed by atoms with Crippen molar-refractivity contribution in [3.63, 3.8) is 0 Å². The molecule has 1 atom stereocenters. The summed E-state index contributed by atoms with van der Waals surface area (Å²) in [7, 11) is 0. The minimum Gasteiger partial charge on any atom is -0.377 e. The summed E-state index contributed by atoms with van der Waals surface area (Å²) in [5, 5.41) is 10.4. The van der Waals surface area contributed by atoms with Crippen LogP contribution in [0.15, 0.2) is 71.4 Å². The molecule has 3 rings (SSSR count). The Hall–Kier alpha value is -1.31. The highest BCUT2D eigenvalue weighted by Gasteiger charge is 2.31. The molecule has 2 heteroatoms. The fourth-order valence-electron chi connectivity index (χ4n) is 2.24. The van der Waals surface area contributed by atoms with Gasteiger partial charge in [-0.15, -0.1) is 12.4 Å². The molecular weight excluding hydrogens is 220 g/mol. The first-order valence-corrected chi connectivity index (χ1v) is 5.19. The Balaban J connectivity index is 0.000000963. The Bertz CT molecular complexity index is 489. The summed E-state index contributed by atoms with van der Waals surface area (Å²) in [5.41, 5.74) is 2.45. The minimum absolute atomic E-state index is 0. The van der Waals surface area contributed by atoms with E-state index in [9.17, 15) is 5.11 Å². The molecule has 0 amide bonds. The van der Waals surface area contributed by atoms with Crippen LogP contribution in [0.3, 0.4) is 0 Å². The van der Waals surface area contributed by atoms with Gasteiger partial charge in [-0.25, -0.2) is 0 Å². The van der Waals surface area contributed by atoms with E-state index in [-0.39, 0.29) is 12.4 Å². The fraction of sp³-hybridized carbons (Fsp3) is 0.143. The van der Waals surface area contributed by atoms with Crippen LogP contribution in [0.5, 0.6) is 0 Å². The van der Waals surface area contributed by atoms with Crippen molar-refractivity contribution < 1.29 is 5.11 Å². The molecule has 0 aromatic carbocycles. The normalized spacial score (nSPS) is 29.4. The van der Waals surface area contributed by atoms with Crippen molar-refractivity contribution in [2.75, 3.05) is 0 Å². The maximum atomic E-state index is 10.4. The second-order valence-electron chi connectivity index (χ2n) is 4.00. The van der Waals surface area contributed by atoms with Crippen molar-refractivity contribution in [3.05, 3.63) is 71.4 Å². The molecule has 16 heavy (non-hydrogen) atoms. The third-order valence-corrected chi connectivity index (χ3v) is 3.03. The predicted molar refractivity (Wildman–Crippen MR) is 68.5 cm³/mol. The average molecular weight is 233 g/mol. The van der Waals surface area contributed by atoms with E-state index in [1.54, 1.807) is 0 Å². The first-order valence-electron chi connectivity index (χ1n) is 5.19. The van der Waals surface area contributed by atoms with Crippen LogP contribution in [0.4, 0.5) is 0 Å². The van der Waals surface area contributed by atoms with Crippen LogP contribution in [-0.4, -0.2) is 10.7 Å². The number of hydrogen-bond acceptors (Lipinski definition) is 1. The van der Waals surface area contributed by atoms with Gasteiger partial charge in [0.15, 0.2) is 0 Å². The number of rotatable bonds is 0. The molecule has 0 aromatic heterocycles. The summed E-state index contributed by atoms with van der Waals surface area (Å²) in [4.78, 5) is 0. The average Bonchev–Trinajstić information content (AvgIpc) is 2.28. The standard InChI is InChI=1S/C14H12O.ClH/c15-14-9-4-3-7-13(14)12-6-2-1-5-11(12)8-10-14;/h2-10,15H,1H2;1H. The van der Waals surface area contributed by atoms with E-state index in [0.717, 1.165) is 17.6 Å². The highest BCUT2D eigenvalue weighted by Crippen LogP contribution is 2.37. The van der Waals surface area contributed by atoms with Gasteiger partial charge in [0, 0.05) is 0 Å². The smallest absolute Gasteiger partial charge is 0.128 e. The number of hydrogen-bond donors (Lipinski definition) is 1. The summed E-state index contributed by atoms with van der Waals surface area (Å²) in [6, 6.07) is 0. The zero-order valence-electron chi connectivity index (χ0n) is 8.76. The number of aliphatic hydroxyl groups is 1. The molecule has 3 aliphatic rings. The van der Waals surface area contributed by atoms with Crippen LogP contribution in [-0.2, 0) is 0 Å². The maximum Gasteiger partial charge on any atom is 0.128 e. The van der Waals surface area contributed by atoms with Crippen LogP contribution < -0.4 is 0 Å². The summed E-state index contributed by atoms with van der Waals surface area (Å²) >= 11 is 0. The van der Waals surface area contributed by atoms with Gasteiger partial charge in [-0.05, 0) is 35.3 Å². The molecule has 0 saturated heterocycles. The largest absolute Gasteiger partial charge is 0.377 e. The number of allylic oxidation sites excluding steroid dienone is 8. The molecule has 3 aliphatic carbocycles. The lowest BCUT2D eigenvalue weighted by molar-refractivity contribution is 0.182. The van der Waals surface area contributed by atoms with E-state index in [0.29, 0.717) is 0 Å². The molecule has 0 radical (unpaired) electrons. The fourth-order valence-corrected chi connectivity index (χ4v) is 2.24. The van der Waals surface area contributed by atoms with Crippen molar-refractivity contribution in [3.8, 4) is 0 Å². The van der Waals surface area contributed by atoms with Gasteiger partial charge in [-0.2, -0.15) is 0 Å². The Morgan fingerprint density at radius 1 is 1.06 bits per heavy atom. The van der Waals surface area contributed by atoms with Crippen LogP contribution in [0.1, 0.15) is 6.42 Å². The van der Waals surface area contributed by atoms with Gasteiger partial charge in [-0.3, -0.25) is 0 Å². The Morgan fingerprint density at radius 3 is 2.81 bits per heavy atom.